The highest BCUT2D eigenvalue weighted by atomic mass is 15.2. The van der Waals surface area contributed by atoms with Crippen LogP contribution in [-0.4, -0.2) is 0 Å². The summed E-state index contributed by atoms with van der Waals surface area (Å²) in [6.45, 7) is 11.1. The molecule has 0 saturated carbocycles. The number of para-hydroxylation sites is 2. The average Bonchev–Trinajstić information content (AvgIpc) is 0.719. The third-order valence-electron chi connectivity index (χ3n) is 30.1. The van der Waals surface area contributed by atoms with E-state index in [1.54, 1.807) is 0 Å². The van der Waals surface area contributed by atoms with Gasteiger partial charge in [-0.05, 0) is 452 Å². The molecule has 147 heavy (non-hydrogen) atoms. The summed E-state index contributed by atoms with van der Waals surface area (Å²) in [5, 5.41) is 15.1. The van der Waals surface area contributed by atoms with E-state index >= 15 is 0 Å². The highest BCUT2D eigenvalue weighted by molar-refractivity contribution is 6.17. The van der Waals surface area contributed by atoms with Gasteiger partial charge in [0.05, 0.1) is 0 Å². The van der Waals surface area contributed by atoms with E-state index in [-0.39, 0.29) is 5.41 Å². The van der Waals surface area contributed by atoms with Crippen LogP contribution in [0.2, 0.25) is 0 Å². The number of fused-ring (bicyclic) bond motifs is 18. The zero-order valence-electron chi connectivity index (χ0n) is 82.6. The third-order valence-corrected chi connectivity index (χ3v) is 30.1. The molecular weight excluding hydrogens is 1770 g/mol. The Morgan fingerprint density at radius 3 is 0.497 bits per heavy atom. The second-order valence-electron chi connectivity index (χ2n) is 40.5. The molecule has 0 aliphatic heterocycles. The largest absolute Gasteiger partial charge is 0.310 e. The topological polar surface area (TPSA) is 9.72 Å². The van der Waals surface area contributed by atoms with E-state index in [0.29, 0.717) is 0 Å². The lowest BCUT2D eigenvalue weighted by Gasteiger charge is -2.28. The minimum atomic E-state index is 0.107. The van der Waals surface area contributed by atoms with Crippen LogP contribution in [0.25, 0.3) is 209 Å². The number of hydrogen-bond donors (Lipinski definition) is 0. The molecule has 0 N–H and O–H groups in total. The Balaban J connectivity index is 0.000000112. The van der Waals surface area contributed by atoms with E-state index in [4.69, 9.17) is 0 Å². The van der Waals surface area contributed by atoms with Crippen molar-refractivity contribution in [3.05, 3.63) is 551 Å². The molecule has 0 radical (unpaired) electrons. The zero-order chi connectivity index (χ0) is 98.3. The van der Waals surface area contributed by atoms with Crippen LogP contribution in [0, 0.1) is 13.8 Å². The number of anilines is 9. The second-order valence-corrected chi connectivity index (χ2v) is 40.5. The fraction of sp³-hybridized carbons (Fsp3) is 0.0417. The first-order chi connectivity index (χ1) is 72.3. The summed E-state index contributed by atoms with van der Waals surface area (Å²) in [6, 6.07) is 196. The molecule has 0 amide bonds. The van der Waals surface area contributed by atoms with Gasteiger partial charge in [0.1, 0.15) is 0 Å². The summed E-state index contributed by atoms with van der Waals surface area (Å²) in [5.74, 6) is 0. The Morgan fingerprint density at radius 2 is 0.279 bits per heavy atom. The Kier molecular flexibility index (Phi) is 22.4. The molecule has 0 saturated heterocycles. The summed E-state index contributed by atoms with van der Waals surface area (Å²) in [5.41, 5.74) is 47.7. The van der Waals surface area contributed by atoms with Crippen LogP contribution in [0.15, 0.2) is 534 Å². The number of benzene rings is 25. The van der Waals surface area contributed by atoms with Crippen LogP contribution < -0.4 is 14.7 Å². The molecule has 3 aliphatic carbocycles. The van der Waals surface area contributed by atoms with Crippen molar-refractivity contribution in [1.82, 2.24) is 0 Å². The van der Waals surface area contributed by atoms with Crippen LogP contribution in [0.5, 0.6) is 0 Å². The van der Waals surface area contributed by atoms with Crippen LogP contribution in [0.4, 0.5) is 51.2 Å². The number of aryl methyl sites for hydroxylation is 2. The van der Waals surface area contributed by atoms with Gasteiger partial charge in [-0.2, -0.15) is 0 Å². The predicted octanol–water partition coefficient (Wildman–Crippen LogP) is 40.9. The van der Waals surface area contributed by atoms with E-state index < -0.39 is 0 Å². The zero-order valence-corrected chi connectivity index (χ0v) is 82.6. The maximum Gasteiger partial charge on any atom is 0.0468 e. The quantitative estimate of drug-likeness (QED) is 0.0955. The molecule has 0 atom stereocenters. The Bertz CT molecular complexity index is 9310. The molecule has 0 fully saturated rings. The van der Waals surface area contributed by atoms with Gasteiger partial charge in [-0.3, -0.25) is 0 Å². The van der Waals surface area contributed by atoms with Gasteiger partial charge < -0.3 is 14.7 Å². The molecule has 3 heteroatoms. The van der Waals surface area contributed by atoms with Crippen molar-refractivity contribution in [2.75, 3.05) is 14.7 Å². The molecule has 0 aromatic heterocycles. The van der Waals surface area contributed by atoms with Crippen LogP contribution in [0.3, 0.4) is 0 Å². The third kappa shape index (κ3) is 16.7. The smallest absolute Gasteiger partial charge is 0.0468 e. The molecular formula is C144H103N3. The summed E-state index contributed by atoms with van der Waals surface area (Å²) in [7, 11) is 0. The SMILES string of the molecule is CC(C)(C)c1ccc(N(c2ccccc2)c2ccc3cc4c(cc3c2)-c2cc3cc(-c5ccccc5)c(-c5ccccc5)cc3cc2-4)cc1.Cc1ccc(N(c2ccc(C)cc2)c2ccc3cc4c(cc3c2)-c2cc3cc(-c5ccccc5)c(-c5ccccc5)cc3cc2-4)cc1.c1ccc(-c2ccc(N(c3ccccc3)c3ccc4cc5c(cc4c3)-c3cc4cc(-c6ccccc6)c(-c6ccccc6)cc4cc3-5)cc2)cc1. The van der Waals surface area contributed by atoms with Crippen molar-refractivity contribution in [2.45, 2.75) is 40.0 Å². The molecule has 25 aromatic carbocycles. The van der Waals surface area contributed by atoms with Crippen LogP contribution in [-0.2, 0) is 5.41 Å². The van der Waals surface area contributed by atoms with Gasteiger partial charge in [0, 0.05) is 51.2 Å². The molecule has 0 spiro atoms. The fourth-order valence-electron chi connectivity index (χ4n) is 22.4. The predicted molar refractivity (Wildman–Crippen MR) is 628 cm³/mol. The van der Waals surface area contributed by atoms with Gasteiger partial charge >= 0.3 is 0 Å². The highest BCUT2D eigenvalue weighted by Gasteiger charge is 2.31. The number of hydrogen-bond acceptors (Lipinski definition) is 3. The first-order valence-electron chi connectivity index (χ1n) is 51.1. The molecule has 3 aliphatic rings. The summed E-state index contributed by atoms with van der Waals surface area (Å²) in [4.78, 5) is 7.07. The maximum absolute atomic E-state index is 2.40. The van der Waals surface area contributed by atoms with Gasteiger partial charge in [0.2, 0.25) is 0 Å². The van der Waals surface area contributed by atoms with Crippen molar-refractivity contribution in [1.29, 1.82) is 0 Å². The monoisotopic (exact) mass is 1870 g/mol. The van der Waals surface area contributed by atoms with Crippen molar-refractivity contribution < 1.29 is 0 Å². The lowest BCUT2D eigenvalue weighted by Crippen LogP contribution is -2.13. The number of nitrogens with zero attached hydrogens (tertiary/aromatic N) is 3. The van der Waals surface area contributed by atoms with E-state index in [0.717, 1.165) is 51.2 Å². The lowest BCUT2D eigenvalue weighted by molar-refractivity contribution is 0.590. The average molecular weight is 1880 g/mol. The van der Waals surface area contributed by atoms with Crippen molar-refractivity contribution in [3.8, 4) is 145 Å². The number of rotatable bonds is 16. The van der Waals surface area contributed by atoms with Gasteiger partial charge in [-0.25, -0.2) is 0 Å². The molecule has 0 unspecified atom stereocenters. The highest BCUT2D eigenvalue weighted by Crippen LogP contribution is 2.57. The van der Waals surface area contributed by atoms with E-state index in [9.17, 15) is 0 Å². The van der Waals surface area contributed by atoms with Crippen molar-refractivity contribution in [3.63, 3.8) is 0 Å². The van der Waals surface area contributed by atoms with E-state index in [1.165, 1.54) is 226 Å². The molecule has 25 aromatic rings. The minimum Gasteiger partial charge on any atom is -0.310 e. The molecule has 694 valence electrons. The van der Waals surface area contributed by atoms with Gasteiger partial charge in [0.15, 0.2) is 0 Å². The molecule has 3 nitrogen and oxygen atoms in total. The Morgan fingerprint density at radius 1 is 0.122 bits per heavy atom. The van der Waals surface area contributed by atoms with Crippen LogP contribution in [0.1, 0.15) is 37.5 Å². The van der Waals surface area contributed by atoms with Crippen LogP contribution >= 0.6 is 0 Å². The van der Waals surface area contributed by atoms with E-state index in [2.05, 4.69) is 583 Å². The van der Waals surface area contributed by atoms with Gasteiger partial charge in [-0.15, -0.1) is 0 Å². The van der Waals surface area contributed by atoms with Gasteiger partial charge in [0.25, 0.3) is 0 Å². The standard InChI is InChI=1S/C50H33N.C48H37N.C46H33N/c1-5-13-34(14-6-1)35-21-24-43(25-22-35)51(42-19-11-4-12-20-42)44-26-23-38-28-47-48(31-39(38)27-44)50-33-41-30-46(37-17-9-3-10-18-37)45(29-40(41)32-49(47)50)36-15-7-2-8-16-36;1-48(2,3)38-20-23-40(24-21-38)49(39-17-11-6-12-18-39)41-22-19-34-26-44-45(29-35(34)25-41)47-31-37-28-43(33-15-9-5-10-16-33)42(27-36(37)30-46(44)47)32-13-7-4-8-14-32;1-30-13-18-38(19-14-30)47(39-20-15-31(2)16-21-39)40-22-17-34-24-43-44(27-35(34)23-40)46-29-37-26-42(33-11-7-4-8-12-33)41(25-36(37)28-45(43)46)32-9-5-3-6-10-32/h1-33H;4-31H,1-3H3;3-29H,1-2H3. The molecule has 0 bridgehead atoms. The molecule has 0 heterocycles. The second kappa shape index (κ2) is 37.1. The summed E-state index contributed by atoms with van der Waals surface area (Å²) >= 11 is 0. The lowest BCUT2D eigenvalue weighted by atomic mass is 9.77. The minimum absolute atomic E-state index is 0.107. The van der Waals surface area contributed by atoms with Crippen molar-refractivity contribution in [2.24, 2.45) is 0 Å². The first-order valence-corrected chi connectivity index (χ1v) is 51.1. The first kappa shape index (κ1) is 88.6. The molecule has 28 rings (SSSR count). The van der Waals surface area contributed by atoms with Gasteiger partial charge in [-0.1, -0.05) is 347 Å². The van der Waals surface area contributed by atoms with Crippen molar-refractivity contribution >= 4 is 116 Å². The normalized spacial score (nSPS) is 11.7. The maximum atomic E-state index is 2.40. The Hall–Kier alpha value is -18.5. The summed E-state index contributed by atoms with van der Waals surface area (Å²) < 4.78 is 0. The fourth-order valence-corrected chi connectivity index (χ4v) is 22.4. The Labute approximate surface area is 859 Å². The van der Waals surface area contributed by atoms with E-state index in [1.807, 2.05) is 0 Å². The summed E-state index contributed by atoms with van der Waals surface area (Å²) in [6.07, 6.45) is 0.